The molecular formula is C20H19N3O3S2. The predicted octanol–water partition coefficient (Wildman–Crippen LogP) is 1.72. The molecular weight excluding hydrogens is 394 g/mol. The van der Waals surface area contributed by atoms with E-state index in [1.54, 1.807) is 7.05 Å². The number of para-hydroxylation sites is 1. The fourth-order valence-corrected chi connectivity index (χ4v) is 4.59. The fourth-order valence-electron chi connectivity index (χ4n) is 3.40. The smallest absolute Gasteiger partial charge is 0.298 e. The number of fused-ring (bicyclic) bond motifs is 1. The monoisotopic (exact) mass is 413 g/mol. The van der Waals surface area contributed by atoms with Gasteiger partial charge in [0.25, 0.3) is 11.5 Å². The number of aromatic nitrogens is 1. The molecule has 0 radical (unpaired) electrons. The van der Waals surface area contributed by atoms with Crippen molar-refractivity contribution >= 4 is 56.6 Å². The molecule has 6 nitrogen and oxygen atoms in total. The van der Waals surface area contributed by atoms with Gasteiger partial charge in [-0.15, -0.1) is 0 Å². The Bertz CT molecular complexity index is 1210. The lowest BCUT2D eigenvalue weighted by molar-refractivity contribution is -0.119. The molecule has 1 amide bonds. The van der Waals surface area contributed by atoms with Gasteiger partial charge in [-0.25, -0.2) is 0 Å². The number of oxazole rings is 1. The van der Waals surface area contributed by atoms with E-state index in [-0.39, 0.29) is 22.4 Å². The number of carbonyl (C=O) groups is 1. The molecule has 2 aliphatic heterocycles. The molecule has 28 heavy (non-hydrogen) atoms. The molecule has 1 saturated heterocycles. The van der Waals surface area contributed by atoms with Crippen LogP contribution in [0.4, 0.5) is 5.69 Å². The van der Waals surface area contributed by atoms with Crippen LogP contribution in [-0.4, -0.2) is 33.3 Å². The molecule has 144 valence electrons. The van der Waals surface area contributed by atoms with Crippen molar-refractivity contribution < 1.29 is 9.21 Å². The number of thiocarbonyl (C=S) groups is 1. The SMILES string of the molecule is CCN1/C(=c2/o/c(=C3/SC(=S)N(C)C3=O)n(CC)c2=O)C=Cc2ccccc21. The van der Waals surface area contributed by atoms with Gasteiger partial charge in [0.2, 0.25) is 11.0 Å². The number of hydrogen-bond donors (Lipinski definition) is 0. The van der Waals surface area contributed by atoms with E-state index in [9.17, 15) is 9.59 Å². The van der Waals surface area contributed by atoms with Gasteiger partial charge in [-0.3, -0.25) is 19.1 Å². The van der Waals surface area contributed by atoms with Crippen LogP contribution in [-0.2, 0) is 11.3 Å². The van der Waals surface area contributed by atoms with Crippen molar-refractivity contribution in [2.75, 3.05) is 18.5 Å². The van der Waals surface area contributed by atoms with Crippen LogP contribution in [0.2, 0.25) is 0 Å². The second kappa shape index (κ2) is 7.10. The van der Waals surface area contributed by atoms with Crippen LogP contribution >= 0.6 is 24.0 Å². The summed E-state index contributed by atoms with van der Waals surface area (Å²) in [5.74, 6) is -0.251. The maximum Gasteiger partial charge on any atom is 0.298 e. The molecule has 1 aromatic heterocycles. The molecule has 2 aromatic rings. The second-order valence-electron chi connectivity index (χ2n) is 6.37. The lowest BCUT2D eigenvalue weighted by Crippen LogP contribution is -2.36. The number of thioether (sulfide) groups is 1. The minimum Gasteiger partial charge on any atom is -0.431 e. The summed E-state index contributed by atoms with van der Waals surface area (Å²) in [6, 6.07) is 8.00. The standard InChI is InChI=1S/C20H19N3O3S2/c1-4-22-13-9-7-6-8-12(13)10-11-14(22)15-17(24)23(5-2)19(26-15)16-18(25)21(3)20(27)28-16/h6-11H,4-5H2,1-3H3/b15-14+,19-16+. The van der Waals surface area contributed by atoms with E-state index < -0.39 is 0 Å². The molecule has 0 unspecified atom stereocenters. The molecule has 0 atom stereocenters. The molecule has 4 rings (SSSR count). The zero-order valence-electron chi connectivity index (χ0n) is 15.8. The lowest BCUT2D eigenvalue weighted by Gasteiger charge is -2.28. The highest BCUT2D eigenvalue weighted by atomic mass is 32.2. The Morgan fingerprint density at radius 2 is 1.86 bits per heavy atom. The maximum absolute atomic E-state index is 13.1. The van der Waals surface area contributed by atoms with E-state index in [1.165, 1.54) is 9.47 Å². The molecule has 3 heterocycles. The molecule has 0 aliphatic carbocycles. The average molecular weight is 414 g/mol. The molecule has 1 aromatic carbocycles. The normalized spacial score (nSPS) is 20.2. The highest BCUT2D eigenvalue weighted by Crippen LogP contribution is 2.31. The van der Waals surface area contributed by atoms with Crippen molar-refractivity contribution in [3.8, 4) is 0 Å². The number of benzene rings is 1. The van der Waals surface area contributed by atoms with Gasteiger partial charge < -0.3 is 9.32 Å². The first kappa shape index (κ1) is 18.8. The minimum atomic E-state index is -0.253. The van der Waals surface area contributed by atoms with Crippen molar-refractivity contribution in [1.82, 2.24) is 9.47 Å². The van der Waals surface area contributed by atoms with Crippen LogP contribution in [0.1, 0.15) is 19.4 Å². The Morgan fingerprint density at radius 3 is 2.50 bits per heavy atom. The fraction of sp³-hybridized carbons (Fsp3) is 0.250. The third kappa shape index (κ3) is 2.75. The van der Waals surface area contributed by atoms with Crippen LogP contribution < -0.4 is 21.4 Å². The zero-order chi connectivity index (χ0) is 20.0. The summed E-state index contributed by atoms with van der Waals surface area (Å²) in [6.07, 6.45) is 3.86. The summed E-state index contributed by atoms with van der Waals surface area (Å²) in [5.41, 5.74) is 3.02. The van der Waals surface area contributed by atoms with Crippen LogP contribution in [0.15, 0.2) is 39.6 Å². The largest absolute Gasteiger partial charge is 0.431 e. The first-order valence-electron chi connectivity index (χ1n) is 9.00. The first-order chi connectivity index (χ1) is 13.5. The average Bonchev–Trinajstić information content (AvgIpc) is 3.17. The molecule has 0 bridgehead atoms. The highest BCUT2D eigenvalue weighted by molar-refractivity contribution is 8.30. The van der Waals surface area contributed by atoms with Gasteiger partial charge in [-0.05, 0) is 43.3 Å². The third-order valence-electron chi connectivity index (χ3n) is 4.84. The van der Waals surface area contributed by atoms with Gasteiger partial charge in [0.1, 0.15) is 9.23 Å². The topological polar surface area (TPSA) is 58.7 Å². The van der Waals surface area contributed by atoms with E-state index in [4.69, 9.17) is 16.6 Å². The number of nitrogens with zero attached hydrogens (tertiary/aromatic N) is 3. The Balaban J connectivity index is 2.04. The van der Waals surface area contributed by atoms with Gasteiger partial charge in [0.05, 0.1) is 5.70 Å². The van der Waals surface area contributed by atoms with E-state index in [0.29, 0.717) is 28.0 Å². The van der Waals surface area contributed by atoms with Crippen molar-refractivity contribution in [1.29, 1.82) is 0 Å². The number of amides is 1. The summed E-state index contributed by atoms with van der Waals surface area (Å²) in [4.78, 5) is 29.5. The van der Waals surface area contributed by atoms with Gasteiger partial charge in [0.15, 0.2) is 0 Å². The summed E-state index contributed by atoms with van der Waals surface area (Å²) in [5, 5.41) is 0. The van der Waals surface area contributed by atoms with Crippen molar-refractivity contribution in [3.05, 3.63) is 57.2 Å². The number of rotatable bonds is 2. The Morgan fingerprint density at radius 1 is 1.11 bits per heavy atom. The van der Waals surface area contributed by atoms with E-state index >= 15 is 0 Å². The molecule has 0 spiro atoms. The number of carbonyl (C=O) groups excluding carboxylic acids is 1. The summed E-state index contributed by atoms with van der Waals surface area (Å²) < 4.78 is 7.97. The second-order valence-corrected chi connectivity index (χ2v) is 8.01. The minimum absolute atomic E-state index is 0.228. The summed E-state index contributed by atoms with van der Waals surface area (Å²) in [7, 11) is 1.62. The summed E-state index contributed by atoms with van der Waals surface area (Å²) in [6.45, 7) is 4.95. The predicted molar refractivity (Wildman–Crippen MR) is 116 cm³/mol. The Hall–Kier alpha value is -2.58. The van der Waals surface area contributed by atoms with Crippen molar-refractivity contribution in [2.24, 2.45) is 0 Å². The van der Waals surface area contributed by atoms with Crippen molar-refractivity contribution in [2.45, 2.75) is 20.4 Å². The number of anilines is 1. The Kier molecular flexibility index (Phi) is 4.76. The van der Waals surface area contributed by atoms with Gasteiger partial charge >= 0.3 is 0 Å². The molecule has 8 heteroatoms. The van der Waals surface area contributed by atoms with Crippen molar-refractivity contribution in [3.63, 3.8) is 0 Å². The highest BCUT2D eigenvalue weighted by Gasteiger charge is 2.32. The van der Waals surface area contributed by atoms with Crippen LogP contribution in [0.3, 0.4) is 0 Å². The van der Waals surface area contributed by atoms with Crippen LogP contribution in [0, 0.1) is 0 Å². The molecule has 0 saturated carbocycles. The first-order valence-corrected chi connectivity index (χ1v) is 10.2. The zero-order valence-corrected chi connectivity index (χ0v) is 17.4. The Labute approximate surface area is 171 Å². The third-order valence-corrected chi connectivity index (χ3v) is 6.37. The number of likely N-dealkylation sites (N-methyl/N-ethyl adjacent to an activating group) is 1. The van der Waals surface area contributed by atoms with E-state index in [0.717, 1.165) is 23.0 Å². The van der Waals surface area contributed by atoms with Crippen LogP contribution in [0.25, 0.3) is 16.7 Å². The molecule has 0 N–H and O–H groups in total. The van der Waals surface area contributed by atoms with E-state index in [2.05, 4.69) is 0 Å². The van der Waals surface area contributed by atoms with Gasteiger partial charge in [-0.1, -0.05) is 36.5 Å². The van der Waals surface area contributed by atoms with Gasteiger partial charge in [0, 0.05) is 25.8 Å². The van der Waals surface area contributed by atoms with E-state index in [1.807, 2.05) is 55.2 Å². The molecule has 1 fully saturated rings. The quantitative estimate of drug-likeness (QED) is 0.699. The van der Waals surface area contributed by atoms with Gasteiger partial charge in [-0.2, -0.15) is 0 Å². The molecule has 2 aliphatic rings. The van der Waals surface area contributed by atoms with Crippen LogP contribution in [0.5, 0.6) is 0 Å². The summed E-state index contributed by atoms with van der Waals surface area (Å²) >= 11 is 6.37. The maximum atomic E-state index is 13.1. The number of hydrogen-bond acceptors (Lipinski definition) is 6. The lowest BCUT2D eigenvalue weighted by atomic mass is 10.1.